The number of benzene rings is 1. The zero-order valence-corrected chi connectivity index (χ0v) is 11.5. The van der Waals surface area contributed by atoms with Gasteiger partial charge in [-0.15, -0.1) is 0 Å². The van der Waals surface area contributed by atoms with Crippen LogP contribution in [0.15, 0.2) is 24.3 Å². The molecule has 0 bridgehead atoms. The first-order valence-electron chi connectivity index (χ1n) is 6.67. The Labute approximate surface area is 114 Å². The number of carbonyl (C=O) groups excluding carboxylic acids is 1. The van der Waals surface area contributed by atoms with Gasteiger partial charge in [0.15, 0.2) is 5.78 Å². The van der Waals surface area contributed by atoms with Crippen molar-refractivity contribution >= 4 is 5.78 Å². The van der Waals surface area contributed by atoms with E-state index >= 15 is 0 Å². The largest absolute Gasteiger partial charge is 0.394 e. The second kappa shape index (κ2) is 6.28. The van der Waals surface area contributed by atoms with Crippen molar-refractivity contribution < 1.29 is 14.6 Å². The lowest BCUT2D eigenvalue weighted by Crippen LogP contribution is -2.49. The number of aryl methyl sites for hydroxylation is 1. The first-order valence-corrected chi connectivity index (χ1v) is 6.67. The number of aliphatic hydroxyl groups excluding tert-OH is 1. The maximum absolute atomic E-state index is 12.3. The number of nitrogens with zero attached hydrogens (tertiary/aromatic N) is 1. The molecule has 19 heavy (non-hydrogen) atoms. The zero-order valence-electron chi connectivity index (χ0n) is 11.5. The Balaban J connectivity index is 2.01. The summed E-state index contributed by atoms with van der Waals surface area (Å²) in [6, 6.07) is 7.64. The van der Waals surface area contributed by atoms with E-state index in [4.69, 9.17) is 4.74 Å². The smallest absolute Gasteiger partial charge is 0.177 e. The molecule has 1 fully saturated rings. The van der Waals surface area contributed by atoms with Crippen LogP contribution in [0.3, 0.4) is 0 Å². The van der Waals surface area contributed by atoms with Gasteiger partial charge in [0.05, 0.1) is 25.4 Å². The summed E-state index contributed by atoms with van der Waals surface area (Å²) in [7, 11) is 0. The first-order chi connectivity index (χ1) is 9.10. The Bertz CT molecular complexity index is 447. The number of carbonyl (C=O) groups is 1. The molecule has 2 rings (SSSR count). The van der Waals surface area contributed by atoms with Crippen LogP contribution in [-0.4, -0.2) is 54.2 Å². The van der Waals surface area contributed by atoms with Crippen LogP contribution >= 0.6 is 0 Å². The SMILES string of the molecule is Cc1ccccc1C(=O)CN1CC(C)OC(CO)C1. The van der Waals surface area contributed by atoms with Crippen LogP contribution in [0.4, 0.5) is 0 Å². The third kappa shape index (κ3) is 3.62. The maximum Gasteiger partial charge on any atom is 0.177 e. The molecule has 0 saturated carbocycles. The Morgan fingerprint density at radius 1 is 1.42 bits per heavy atom. The minimum atomic E-state index is -0.187. The molecule has 0 aromatic heterocycles. The van der Waals surface area contributed by atoms with Crippen LogP contribution in [0.5, 0.6) is 0 Å². The Morgan fingerprint density at radius 2 is 2.16 bits per heavy atom. The minimum absolute atomic E-state index is 0.000600. The van der Waals surface area contributed by atoms with Crippen molar-refractivity contribution in [2.75, 3.05) is 26.2 Å². The molecule has 1 aliphatic heterocycles. The summed E-state index contributed by atoms with van der Waals surface area (Å²) in [5.74, 6) is 0.129. The van der Waals surface area contributed by atoms with E-state index in [9.17, 15) is 9.90 Å². The summed E-state index contributed by atoms with van der Waals surface area (Å²) in [5, 5.41) is 9.19. The molecule has 2 atom stereocenters. The molecule has 4 nitrogen and oxygen atoms in total. The molecular weight excluding hydrogens is 242 g/mol. The molecule has 2 unspecified atom stereocenters. The number of morpholine rings is 1. The molecule has 1 saturated heterocycles. The lowest BCUT2D eigenvalue weighted by atomic mass is 10.0. The molecule has 4 heteroatoms. The average Bonchev–Trinajstić information content (AvgIpc) is 2.38. The normalized spacial score (nSPS) is 24.4. The number of Topliss-reactive ketones (excluding diaryl/α,β-unsaturated/α-hetero) is 1. The van der Waals surface area contributed by atoms with E-state index in [1.165, 1.54) is 0 Å². The highest BCUT2D eigenvalue weighted by molar-refractivity contribution is 5.98. The number of hydrogen-bond acceptors (Lipinski definition) is 4. The van der Waals surface area contributed by atoms with Crippen molar-refractivity contribution in [1.82, 2.24) is 4.90 Å². The van der Waals surface area contributed by atoms with Gasteiger partial charge in [-0.1, -0.05) is 24.3 Å². The summed E-state index contributed by atoms with van der Waals surface area (Å²) >= 11 is 0. The average molecular weight is 263 g/mol. The van der Waals surface area contributed by atoms with Crippen LogP contribution < -0.4 is 0 Å². The van der Waals surface area contributed by atoms with Gasteiger partial charge >= 0.3 is 0 Å². The van der Waals surface area contributed by atoms with Gasteiger partial charge in [0, 0.05) is 18.7 Å². The molecule has 104 valence electrons. The van der Waals surface area contributed by atoms with Gasteiger partial charge in [-0.05, 0) is 19.4 Å². The number of rotatable bonds is 4. The fourth-order valence-corrected chi connectivity index (χ4v) is 2.54. The van der Waals surface area contributed by atoms with Crippen molar-refractivity contribution in [3.05, 3.63) is 35.4 Å². The summed E-state index contributed by atoms with van der Waals surface area (Å²) in [4.78, 5) is 14.3. The van der Waals surface area contributed by atoms with E-state index in [2.05, 4.69) is 4.90 Å². The molecule has 1 aromatic carbocycles. The van der Waals surface area contributed by atoms with Crippen LogP contribution in [0, 0.1) is 6.92 Å². The van der Waals surface area contributed by atoms with Gasteiger partial charge in [0.1, 0.15) is 0 Å². The van der Waals surface area contributed by atoms with Gasteiger partial charge in [-0.3, -0.25) is 9.69 Å². The van der Waals surface area contributed by atoms with Crippen molar-refractivity contribution in [3.8, 4) is 0 Å². The summed E-state index contributed by atoms with van der Waals surface area (Å²) in [5.41, 5.74) is 1.79. The van der Waals surface area contributed by atoms with Crippen molar-refractivity contribution in [2.24, 2.45) is 0 Å². The van der Waals surface area contributed by atoms with E-state index in [0.29, 0.717) is 13.1 Å². The predicted molar refractivity (Wildman–Crippen MR) is 73.4 cm³/mol. The molecule has 1 N–H and O–H groups in total. The lowest BCUT2D eigenvalue weighted by molar-refractivity contribution is -0.0926. The van der Waals surface area contributed by atoms with Crippen molar-refractivity contribution in [3.63, 3.8) is 0 Å². The van der Waals surface area contributed by atoms with Gasteiger partial charge < -0.3 is 9.84 Å². The lowest BCUT2D eigenvalue weighted by Gasteiger charge is -2.35. The number of ether oxygens (including phenoxy) is 1. The maximum atomic E-state index is 12.3. The summed E-state index contributed by atoms with van der Waals surface area (Å²) in [6.45, 7) is 5.64. The van der Waals surface area contributed by atoms with Crippen molar-refractivity contribution in [1.29, 1.82) is 0 Å². The summed E-state index contributed by atoms with van der Waals surface area (Å²) in [6.07, 6.45) is -0.135. The fraction of sp³-hybridized carbons (Fsp3) is 0.533. The van der Waals surface area contributed by atoms with Gasteiger partial charge in [0.2, 0.25) is 0 Å². The third-order valence-corrected chi connectivity index (χ3v) is 3.42. The van der Waals surface area contributed by atoms with E-state index < -0.39 is 0 Å². The Kier molecular flexibility index (Phi) is 4.69. The van der Waals surface area contributed by atoms with Gasteiger partial charge in [0.25, 0.3) is 0 Å². The van der Waals surface area contributed by atoms with E-state index in [0.717, 1.165) is 17.7 Å². The Hall–Kier alpha value is -1.23. The zero-order chi connectivity index (χ0) is 13.8. The molecular formula is C15H21NO3. The molecule has 1 aromatic rings. The highest BCUT2D eigenvalue weighted by atomic mass is 16.5. The molecule has 1 heterocycles. The molecule has 0 aliphatic carbocycles. The monoisotopic (exact) mass is 263 g/mol. The molecule has 0 spiro atoms. The fourth-order valence-electron chi connectivity index (χ4n) is 2.54. The highest BCUT2D eigenvalue weighted by Gasteiger charge is 2.26. The third-order valence-electron chi connectivity index (χ3n) is 3.42. The van der Waals surface area contributed by atoms with Crippen LogP contribution in [0.1, 0.15) is 22.8 Å². The molecule has 0 amide bonds. The second-order valence-electron chi connectivity index (χ2n) is 5.18. The number of ketones is 1. The molecule has 1 aliphatic rings. The highest BCUT2D eigenvalue weighted by Crippen LogP contribution is 2.13. The minimum Gasteiger partial charge on any atom is -0.394 e. The Morgan fingerprint density at radius 3 is 2.84 bits per heavy atom. The van der Waals surface area contributed by atoms with E-state index in [1.54, 1.807) is 0 Å². The van der Waals surface area contributed by atoms with E-state index in [1.807, 2.05) is 38.1 Å². The molecule has 0 radical (unpaired) electrons. The van der Waals surface area contributed by atoms with Crippen LogP contribution in [0.25, 0.3) is 0 Å². The van der Waals surface area contributed by atoms with Gasteiger partial charge in [-0.2, -0.15) is 0 Å². The van der Waals surface area contributed by atoms with Crippen molar-refractivity contribution in [2.45, 2.75) is 26.1 Å². The second-order valence-corrected chi connectivity index (χ2v) is 5.18. The van der Waals surface area contributed by atoms with Gasteiger partial charge in [-0.25, -0.2) is 0 Å². The standard InChI is InChI=1S/C15H21NO3/c1-11-5-3-4-6-14(11)15(18)9-16-7-12(2)19-13(8-16)10-17/h3-6,12-13,17H,7-10H2,1-2H3. The van der Waals surface area contributed by atoms with Crippen LogP contribution in [-0.2, 0) is 4.74 Å². The quantitative estimate of drug-likeness (QED) is 0.831. The number of hydrogen-bond donors (Lipinski definition) is 1. The summed E-state index contributed by atoms with van der Waals surface area (Å²) < 4.78 is 5.57. The topological polar surface area (TPSA) is 49.8 Å². The van der Waals surface area contributed by atoms with E-state index in [-0.39, 0.29) is 24.6 Å². The first kappa shape index (κ1) is 14.2. The van der Waals surface area contributed by atoms with Crippen LogP contribution in [0.2, 0.25) is 0 Å². The predicted octanol–water partition coefficient (Wildman–Crippen LogP) is 1.26. The number of aliphatic hydroxyl groups is 1.